The average Bonchev–Trinajstić information content (AvgIpc) is 3.31. The highest BCUT2D eigenvalue weighted by molar-refractivity contribution is 8.15. The first-order valence-corrected chi connectivity index (χ1v) is 13.6. The molecular weight excluding hydrogens is 460 g/mol. The van der Waals surface area contributed by atoms with Crippen LogP contribution >= 0.6 is 11.8 Å². The van der Waals surface area contributed by atoms with Gasteiger partial charge in [-0.25, -0.2) is 8.42 Å². The average molecular weight is 487 g/mol. The van der Waals surface area contributed by atoms with Crippen molar-refractivity contribution in [3.8, 4) is 5.75 Å². The van der Waals surface area contributed by atoms with Crippen LogP contribution < -0.4 is 15.0 Å². The first-order valence-electron chi connectivity index (χ1n) is 10.9. The Bertz CT molecular complexity index is 1190. The lowest BCUT2D eigenvalue weighted by molar-refractivity contribution is 0.0747. The molecule has 2 atom stereocenters. The molecule has 0 radical (unpaired) electrons. The van der Waals surface area contributed by atoms with E-state index in [0.29, 0.717) is 18.7 Å². The summed E-state index contributed by atoms with van der Waals surface area (Å²) in [6, 6.07) is 15.2. The van der Waals surface area contributed by atoms with Crippen molar-refractivity contribution in [1.82, 2.24) is 4.90 Å². The number of ether oxygens (including phenoxy) is 1. The third-order valence-corrected chi connectivity index (χ3v) is 9.31. The van der Waals surface area contributed by atoms with Crippen LogP contribution in [0.2, 0.25) is 0 Å². The molecule has 0 aromatic heterocycles. The molecule has 174 valence electrons. The van der Waals surface area contributed by atoms with Gasteiger partial charge in [-0.2, -0.15) is 0 Å². The number of methoxy groups -OCH3 is 1. The van der Waals surface area contributed by atoms with E-state index in [-0.39, 0.29) is 28.7 Å². The number of aliphatic imine (C=N–C) groups is 1. The predicted octanol–water partition coefficient (Wildman–Crippen LogP) is 2.34. The molecule has 8 nitrogen and oxygen atoms in total. The second-order valence-electron chi connectivity index (χ2n) is 8.42. The maximum atomic E-state index is 13.1. The predicted molar refractivity (Wildman–Crippen MR) is 132 cm³/mol. The Morgan fingerprint density at radius 2 is 1.88 bits per heavy atom. The van der Waals surface area contributed by atoms with Crippen molar-refractivity contribution in [3.05, 3.63) is 54.1 Å². The number of sulfone groups is 1. The number of hydrogen-bond donors (Lipinski definition) is 1. The molecule has 3 heterocycles. The number of amides is 1. The quantitative estimate of drug-likeness (QED) is 0.709. The fourth-order valence-electron chi connectivity index (χ4n) is 4.43. The standard InChI is InChI=1S/C23H26N4O4S2/c1-31-19-7-3-6-18(13-19)26-8-10-27(11-9-26)22(28)16-4-2-5-17(12-16)24-23-25-20-14-33(29,30)15-21(20)32-23/h2-7,12-13,20-21H,8-11,14-15H2,1H3,(H,24,25)/t20-,21-/m1/s1. The van der Waals surface area contributed by atoms with Gasteiger partial charge in [-0.05, 0) is 30.3 Å². The summed E-state index contributed by atoms with van der Waals surface area (Å²) in [5, 5.41) is 3.97. The van der Waals surface area contributed by atoms with E-state index in [1.807, 2.05) is 47.4 Å². The molecule has 2 aromatic rings. The topological polar surface area (TPSA) is 91.3 Å². The lowest BCUT2D eigenvalue weighted by Crippen LogP contribution is -2.48. The van der Waals surface area contributed by atoms with Crippen molar-refractivity contribution < 1.29 is 17.9 Å². The van der Waals surface area contributed by atoms with Crippen molar-refractivity contribution in [3.63, 3.8) is 0 Å². The number of thioether (sulfide) groups is 1. The van der Waals surface area contributed by atoms with Gasteiger partial charge in [0.25, 0.3) is 5.91 Å². The number of rotatable bonds is 4. The van der Waals surface area contributed by atoms with Crippen LogP contribution in [-0.2, 0) is 9.84 Å². The molecule has 0 aliphatic carbocycles. The van der Waals surface area contributed by atoms with Crippen molar-refractivity contribution in [2.45, 2.75) is 11.3 Å². The molecule has 3 aliphatic heterocycles. The minimum absolute atomic E-state index is 0.00733. The van der Waals surface area contributed by atoms with Gasteiger partial charge in [-0.15, -0.1) is 0 Å². The van der Waals surface area contributed by atoms with Crippen LogP contribution in [0.5, 0.6) is 5.75 Å². The molecule has 0 spiro atoms. The van der Waals surface area contributed by atoms with E-state index in [2.05, 4.69) is 21.3 Å². The van der Waals surface area contributed by atoms with Crippen molar-refractivity contribution in [1.29, 1.82) is 0 Å². The highest BCUT2D eigenvalue weighted by Gasteiger charge is 2.42. The summed E-state index contributed by atoms with van der Waals surface area (Å²) in [5.74, 6) is 1.13. The number of nitrogens with zero attached hydrogens (tertiary/aromatic N) is 3. The Morgan fingerprint density at radius 1 is 1.09 bits per heavy atom. The summed E-state index contributed by atoms with van der Waals surface area (Å²) in [6.07, 6.45) is 0. The number of benzene rings is 2. The monoisotopic (exact) mass is 486 g/mol. The Labute approximate surface area is 197 Å². The van der Waals surface area contributed by atoms with Gasteiger partial charge in [0.05, 0.1) is 24.7 Å². The molecule has 33 heavy (non-hydrogen) atoms. The molecular formula is C23H26N4O4S2. The van der Waals surface area contributed by atoms with Gasteiger partial charge in [-0.1, -0.05) is 23.9 Å². The molecule has 3 aliphatic rings. The maximum absolute atomic E-state index is 13.1. The maximum Gasteiger partial charge on any atom is 0.254 e. The Kier molecular flexibility index (Phi) is 5.96. The molecule has 0 saturated carbocycles. The Morgan fingerprint density at radius 3 is 2.64 bits per heavy atom. The first kappa shape index (κ1) is 22.1. The fraction of sp³-hybridized carbons (Fsp3) is 0.391. The smallest absolute Gasteiger partial charge is 0.254 e. The van der Waals surface area contributed by atoms with E-state index in [4.69, 9.17) is 4.74 Å². The Balaban J connectivity index is 1.20. The molecule has 10 heteroatoms. The van der Waals surface area contributed by atoms with Crippen molar-refractivity contribution in [2.24, 2.45) is 4.99 Å². The van der Waals surface area contributed by atoms with Crippen LogP contribution in [0.25, 0.3) is 0 Å². The molecule has 0 bridgehead atoms. The molecule has 2 aromatic carbocycles. The van der Waals surface area contributed by atoms with E-state index in [0.717, 1.165) is 35.4 Å². The van der Waals surface area contributed by atoms with Crippen LogP contribution in [0.15, 0.2) is 53.5 Å². The van der Waals surface area contributed by atoms with Crippen molar-refractivity contribution in [2.75, 3.05) is 55.0 Å². The van der Waals surface area contributed by atoms with Crippen LogP contribution in [0.3, 0.4) is 0 Å². The number of amidine groups is 1. The molecule has 0 unspecified atom stereocenters. The van der Waals surface area contributed by atoms with Gasteiger partial charge in [-0.3, -0.25) is 9.79 Å². The zero-order chi connectivity index (χ0) is 23.0. The number of hydrogen-bond acceptors (Lipinski definition) is 8. The van der Waals surface area contributed by atoms with Gasteiger partial charge in [0.2, 0.25) is 0 Å². The fourth-order valence-corrected chi connectivity index (χ4v) is 8.10. The number of anilines is 2. The zero-order valence-electron chi connectivity index (χ0n) is 18.3. The molecule has 2 fully saturated rings. The number of carbonyl (C=O) groups is 1. The van der Waals surface area contributed by atoms with E-state index in [9.17, 15) is 13.2 Å². The number of piperazine rings is 1. The zero-order valence-corrected chi connectivity index (χ0v) is 19.9. The van der Waals surface area contributed by atoms with Crippen LogP contribution in [0.1, 0.15) is 10.4 Å². The molecule has 5 rings (SSSR count). The second kappa shape index (κ2) is 8.90. The van der Waals surface area contributed by atoms with Gasteiger partial charge >= 0.3 is 0 Å². The van der Waals surface area contributed by atoms with Gasteiger partial charge in [0.1, 0.15) is 5.75 Å². The number of nitrogens with one attached hydrogen (secondary N) is 1. The van der Waals surface area contributed by atoms with Gasteiger partial charge in [0, 0.05) is 54.4 Å². The lowest BCUT2D eigenvalue weighted by atomic mass is 10.1. The van der Waals surface area contributed by atoms with Crippen LogP contribution in [-0.4, -0.2) is 80.5 Å². The Hall–Kier alpha value is -2.72. The third kappa shape index (κ3) is 4.81. The normalized spacial score (nSPS) is 23.7. The van der Waals surface area contributed by atoms with E-state index < -0.39 is 9.84 Å². The molecule has 1 N–H and O–H groups in total. The molecule has 1 amide bonds. The summed E-state index contributed by atoms with van der Waals surface area (Å²) in [5.41, 5.74) is 2.51. The summed E-state index contributed by atoms with van der Waals surface area (Å²) in [6.45, 7) is 2.81. The summed E-state index contributed by atoms with van der Waals surface area (Å²) in [4.78, 5) is 21.8. The third-order valence-electron chi connectivity index (χ3n) is 6.16. The highest BCUT2D eigenvalue weighted by atomic mass is 32.2. The SMILES string of the molecule is COc1cccc(N2CCN(C(=O)c3cccc(NC4=N[C@@H]5CS(=O)(=O)C[C@H]5S4)c3)CC2)c1. The van der Waals surface area contributed by atoms with Crippen LogP contribution in [0, 0.1) is 0 Å². The minimum atomic E-state index is -2.97. The second-order valence-corrected chi connectivity index (χ2v) is 11.8. The summed E-state index contributed by atoms with van der Waals surface area (Å²) in [7, 11) is -1.31. The highest BCUT2D eigenvalue weighted by Crippen LogP contribution is 2.34. The number of fused-ring (bicyclic) bond motifs is 1. The minimum Gasteiger partial charge on any atom is -0.497 e. The van der Waals surface area contributed by atoms with Crippen molar-refractivity contribution >= 4 is 44.0 Å². The van der Waals surface area contributed by atoms with Crippen LogP contribution in [0.4, 0.5) is 11.4 Å². The van der Waals surface area contributed by atoms with Gasteiger partial charge < -0.3 is 19.9 Å². The first-order chi connectivity index (χ1) is 15.9. The largest absolute Gasteiger partial charge is 0.497 e. The summed E-state index contributed by atoms with van der Waals surface area (Å²) < 4.78 is 28.8. The lowest BCUT2D eigenvalue weighted by Gasteiger charge is -2.36. The van der Waals surface area contributed by atoms with E-state index in [1.54, 1.807) is 7.11 Å². The molecule has 2 saturated heterocycles. The van der Waals surface area contributed by atoms with E-state index in [1.165, 1.54) is 11.8 Å². The van der Waals surface area contributed by atoms with Gasteiger partial charge in [0.15, 0.2) is 15.0 Å². The summed E-state index contributed by atoms with van der Waals surface area (Å²) >= 11 is 1.47. The number of carbonyl (C=O) groups excluding carboxylic acids is 1. The van der Waals surface area contributed by atoms with E-state index >= 15 is 0 Å².